The second-order valence-electron chi connectivity index (χ2n) is 6.41. The summed E-state index contributed by atoms with van der Waals surface area (Å²) in [6.45, 7) is 2.11. The Morgan fingerprint density at radius 2 is 2.04 bits per heavy atom. The second-order valence-corrected chi connectivity index (χ2v) is 6.41. The van der Waals surface area contributed by atoms with Crippen LogP contribution in [0.1, 0.15) is 17.0 Å². The van der Waals surface area contributed by atoms with E-state index in [0.29, 0.717) is 29.3 Å². The first-order chi connectivity index (χ1) is 13.2. The molecule has 0 fully saturated rings. The summed E-state index contributed by atoms with van der Waals surface area (Å²) in [5.74, 6) is 1.38. The number of pyridine rings is 1. The predicted octanol–water partition coefficient (Wildman–Crippen LogP) is 2.71. The molecule has 0 radical (unpaired) electrons. The SMILES string of the molecule is Cc1nn2c(=O)cc(-c3ccc4c(c3)OCO4)[nH]c2c1Cc1ccccn1. The number of rotatable bonds is 3. The Kier molecular flexibility index (Phi) is 3.46. The van der Waals surface area contributed by atoms with Gasteiger partial charge in [0, 0.05) is 35.5 Å². The standard InChI is InChI=1S/C20H16N4O3/c1-12-15(9-14-4-2-3-7-21-14)20-22-16(10-19(25)24(20)23-12)13-5-6-17-18(8-13)27-11-26-17/h2-8,10,22H,9,11H2,1H3. The van der Waals surface area contributed by atoms with Crippen LogP contribution < -0.4 is 15.0 Å². The highest BCUT2D eigenvalue weighted by Gasteiger charge is 2.17. The fourth-order valence-electron chi connectivity index (χ4n) is 3.31. The number of nitrogens with zero attached hydrogens (tertiary/aromatic N) is 3. The van der Waals surface area contributed by atoms with Crippen molar-refractivity contribution in [2.75, 3.05) is 6.79 Å². The van der Waals surface area contributed by atoms with Crippen molar-refractivity contribution in [3.05, 3.63) is 76.0 Å². The fourth-order valence-corrected chi connectivity index (χ4v) is 3.31. The Morgan fingerprint density at radius 1 is 1.15 bits per heavy atom. The predicted molar refractivity (Wildman–Crippen MR) is 99.2 cm³/mol. The van der Waals surface area contributed by atoms with Crippen molar-refractivity contribution in [1.29, 1.82) is 0 Å². The molecule has 1 aliphatic heterocycles. The van der Waals surface area contributed by atoms with Gasteiger partial charge in [-0.3, -0.25) is 9.78 Å². The van der Waals surface area contributed by atoms with Crippen molar-refractivity contribution < 1.29 is 9.47 Å². The quantitative estimate of drug-likeness (QED) is 0.607. The van der Waals surface area contributed by atoms with Crippen molar-refractivity contribution in [2.24, 2.45) is 0 Å². The number of fused-ring (bicyclic) bond motifs is 2. The minimum absolute atomic E-state index is 0.188. The zero-order valence-electron chi connectivity index (χ0n) is 14.6. The molecule has 5 rings (SSSR count). The van der Waals surface area contributed by atoms with Crippen LogP contribution >= 0.6 is 0 Å². The summed E-state index contributed by atoms with van der Waals surface area (Å²) in [6.07, 6.45) is 2.36. The topological polar surface area (TPSA) is 81.5 Å². The maximum absolute atomic E-state index is 12.6. The highest BCUT2D eigenvalue weighted by atomic mass is 16.7. The molecule has 4 aromatic rings. The van der Waals surface area contributed by atoms with E-state index in [4.69, 9.17) is 9.47 Å². The number of ether oxygens (including phenoxy) is 2. The van der Waals surface area contributed by atoms with E-state index < -0.39 is 0 Å². The molecule has 0 spiro atoms. The monoisotopic (exact) mass is 360 g/mol. The molecule has 0 aliphatic carbocycles. The molecule has 0 saturated carbocycles. The summed E-state index contributed by atoms with van der Waals surface area (Å²) < 4.78 is 12.2. The Balaban J connectivity index is 1.65. The lowest BCUT2D eigenvalue weighted by Gasteiger charge is -2.06. The van der Waals surface area contributed by atoms with Gasteiger partial charge in [-0.15, -0.1) is 0 Å². The van der Waals surface area contributed by atoms with Gasteiger partial charge in [0.1, 0.15) is 5.65 Å². The van der Waals surface area contributed by atoms with E-state index >= 15 is 0 Å². The van der Waals surface area contributed by atoms with Crippen LogP contribution in [0.3, 0.4) is 0 Å². The lowest BCUT2D eigenvalue weighted by Crippen LogP contribution is -2.14. The van der Waals surface area contributed by atoms with E-state index in [0.717, 1.165) is 22.5 Å². The van der Waals surface area contributed by atoms with Gasteiger partial charge in [-0.25, -0.2) is 0 Å². The third kappa shape index (κ3) is 2.64. The summed E-state index contributed by atoms with van der Waals surface area (Å²) in [4.78, 5) is 20.4. The van der Waals surface area contributed by atoms with E-state index in [2.05, 4.69) is 15.1 Å². The minimum Gasteiger partial charge on any atom is -0.454 e. The van der Waals surface area contributed by atoms with Crippen LogP contribution in [0.5, 0.6) is 11.5 Å². The molecule has 1 aliphatic rings. The molecule has 0 atom stereocenters. The summed E-state index contributed by atoms with van der Waals surface area (Å²) in [5.41, 5.74) is 4.72. The van der Waals surface area contributed by atoms with Gasteiger partial charge < -0.3 is 14.5 Å². The normalized spacial score (nSPS) is 12.6. The molecule has 7 nitrogen and oxygen atoms in total. The molecule has 1 N–H and O–H groups in total. The van der Waals surface area contributed by atoms with Crippen molar-refractivity contribution in [3.8, 4) is 22.8 Å². The number of aromatic amines is 1. The molecule has 7 heteroatoms. The molecule has 3 aromatic heterocycles. The summed E-state index contributed by atoms with van der Waals surface area (Å²) in [6, 6.07) is 12.9. The van der Waals surface area contributed by atoms with Gasteiger partial charge in [-0.1, -0.05) is 6.07 Å². The maximum atomic E-state index is 12.6. The van der Waals surface area contributed by atoms with E-state index in [1.807, 2.05) is 43.3 Å². The fraction of sp³-hybridized carbons (Fsp3) is 0.150. The highest BCUT2D eigenvalue weighted by Crippen LogP contribution is 2.35. The molecule has 0 unspecified atom stereocenters. The van der Waals surface area contributed by atoms with E-state index in [1.54, 1.807) is 12.3 Å². The van der Waals surface area contributed by atoms with Crippen molar-refractivity contribution in [1.82, 2.24) is 19.6 Å². The number of aryl methyl sites for hydroxylation is 1. The zero-order valence-corrected chi connectivity index (χ0v) is 14.6. The van der Waals surface area contributed by atoms with E-state index in [-0.39, 0.29) is 12.4 Å². The van der Waals surface area contributed by atoms with Crippen molar-refractivity contribution >= 4 is 5.65 Å². The highest BCUT2D eigenvalue weighted by molar-refractivity contribution is 5.67. The second kappa shape index (κ2) is 5.98. The average molecular weight is 360 g/mol. The third-order valence-corrected chi connectivity index (χ3v) is 4.68. The van der Waals surface area contributed by atoms with Crippen LogP contribution in [0.4, 0.5) is 0 Å². The number of aromatic nitrogens is 4. The van der Waals surface area contributed by atoms with Gasteiger partial charge in [0.25, 0.3) is 5.56 Å². The lowest BCUT2D eigenvalue weighted by atomic mass is 10.1. The Morgan fingerprint density at radius 3 is 2.89 bits per heavy atom. The first kappa shape index (κ1) is 15.6. The molecular weight excluding hydrogens is 344 g/mol. The lowest BCUT2D eigenvalue weighted by molar-refractivity contribution is 0.174. The minimum atomic E-state index is -0.188. The summed E-state index contributed by atoms with van der Waals surface area (Å²) in [7, 11) is 0. The molecule has 4 heterocycles. The third-order valence-electron chi connectivity index (χ3n) is 4.68. The Labute approximate surface area is 154 Å². The van der Waals surface area contributed by atoms with Gasteiger partial charge in [0.05, 0.1) is 11.4 Å². The van der Waals surface area contributed by atoms with Crippen LogP contribution in [0, 0.1) is 6.92 Å². The van der Waals surface area contributed by atoms with Crippen LogP contribution in [-0.2, 0) is 6.42 Å². The molecule has 0 amide bonds. The van der Waals surface area contributed by atoms with Gasteiger partial charge in [0.15, 0.2) is 11.5 Å². The van der Waals surface area contributed by atoms with Crippen molar-refractivity contribution in [2.45, 2.75) is 13.3 Å². The van der Waals surface area contributed by atoms with Crippen LogP contribution in [0.15, 0.2) is 53.5 Å². The number of benzene rings is 1. The van der Waals surface area contributed by atoms with E-state index in [9.17, 15) is 4.79 Å². The summed E-state index contributed by atoms with van der Waals surface area (Å²) >= 11 is 0. The molecule has 27 heavy (non-hydrogen) atoms. The maximum Gasteiger partial charge on any atom is 0.274 e. The van der Waals surface area contributed by atoms with Gasteiger partial charge in [-0.05, 0) is 37.3 Å². The Hall–Kier alpha value is -3.61. The number of H-pyrrole nitrogens is 1. The first-order valence-corrected chi connectivity index (χ1v) is 8.60. The number of hydrogen-bond acceptors (Lipinski definition) is 5. The van der Waals surface area contributed by atoms with Gasteiger partial charge in [0.2, 0.25) is 6.79 Å². The number of hydrogen-bond donors (Lipinski definition) is 1. The Bertz CT molecular complexity index is 1210. The molecule has 134 valence electrons. The number of nitrogens with one attached hydrogen (secondary N) is 1. The molecule has 1 aromatic carbocycles. The van der Waals surface area contributed by atoms with Gasteiger partial charge >= 0.3 is 0 Å². The average Bonchev–Trinajstić information content (AvgIpc) is 3.27. The largest absolute Gasteiger partial charge is 0.454 e. The van der Waals surface area contributed by atoms with Crippen LogP contribution in [0.25, 0.3) is 16.9 Å². The smallest absolute Gasteiger partial charge is 0.274 e. The molecule has 0 bridgehead atoms. The van der Waals surface area contributed by atoms with Gasteiger partial charge in [-0.2, -0.15) is 9.61 Å². The molecular formula is C20H16N4O3. The summed E-state index contributed by atoms with van der Waals surface area (Å²) in [5, 5.41) is 4.40. The van der Waals surface area contributed by atoms with Crippen LogP contribution in [0.2, 0.25) is 0 Å². The molecule has 0 saturated heterocycles. The van der Waals surface area contributed by atoms with E-state index in [1.165, 1.54) is 4.52 Å². The first-order valence-electron chi connectivity index (χ1n) is 8.60. The van der Waals surface area contributed by atoms with Crippen molar-refractivity contribution in [3.63, 3.8) is 0 Å². The van der Waals surface area contributed by atoms with Crippen LogP contribution in [-0.4, -0.2) is 26.4 Å². The zero-order chi connectivity index (χ0) is 18.4.